The van der Waals surface area contributed by atoms with Crippen LogP contribution in [0, 0.1) is 13.8 Å². The van der Waals surface area contributed by atoms with Crippen LogP contribution >= 0.6 is 0 Å². The van der Waals surface area contributed by atoms with E-state index in [-0.39, 0.29) is 0 Å². The number of pyridine rings is 1. The second-order valence-corrected chi connectivity index (χ2v) is 5.16. The van der Waals surface area contributed by atoms with Gasteiger partial charge in [0.05, 0.1) is 6.20 Å². The first-order chi connectivity index (χ1) is 9.72. The molecule has 0 aliphatic rings. The van der Waals surface area contributed by atoms with Gasteiger partial charge in [-0.2, -0.15) is 0 Å². The molecule has 4 rings (SSSR count). The van der Waals surface area contributed by atoms with Crippen molar-refractivity contribution in [1.29, 1.82) is 0 Å². The molecule has 20 heavy (non-hydrogen) atoms. The van der Waals surface area contributed by atoms with Crippen molar-refractivity contribution in [3.8, 4) is 11.5 Å². The molecule has 98 valence electrons. The number of hydrogen-bond donors (Lipinski definition) is 0. The highest BCUT2D eigenvalue weighted by molar-refractivity contribution is 5.82. The maximum atomic E-state index is 5.94. The molecule has 0 atom stereocenters. The first kappa shape index (κ1) is 11.3. The molecule has 0 saturated heterocycles. The van der Waals surface area contributed by atoms with Crippen molar-refractivity contribution < 1.29 is 4.42 Å². The minimum Gasteiger partial charge on any atom is -0.454 e. The Morgan fingerprint density at radius 1 is 1.05 bits per heavy atom. The van der Waals surface area contributed by atoms with E-state index in [0.29, 0.717) is 0 Å². The molecular weight excluding hydrogens is 248 g/mol. The summed E-state index contributed by atoms with van der Waals surface area (Å²) in [4.78, 5) is 4.49. The molecule has 3 heteroatoms. The molecule has 0 amide bonds. The van der Waals surface area contributed by atoms with Crippen molar-refractivity contribution >= 4 is 16.6 Å². The number of nitrogens with zero attached hydrogens (tertiary/aromatic N) is 2. The standard InChI is InChI=1S/C17H14N2O/c1-11-7-12(2)19-14(10-18-17(19)8-11)16-9-13-5-3-4-6-15(13)20-16/h3-10H,1-2H3. The lowest BCUT2D eigenvalue weighted by atomic mass is 10.2. The van der Waals surface area contributed by atoms with Crippen LogP contribution in [0.4, 0.5) is 0 Å². The van der Waals surface area contributed by atoms with Crippen LogP contribution in [0.15, 0.2) is 53.1 Å². The SMILES string of the molecule is Cc1cc(C)n2c(-c3cc4ccccc4o3)cnc2c1. The first-order valence-corrected chi connectivity index (χ1v) is 6.66. The Labute approximate surface area is 116 Å². The van der Waals surface area contributed by atoms with Gasteiger partial charge in [-0.15, -0.1) is 0 Å². The van der Waals surface area contributed by atoms with Crippen molar-refractivity contribution in [2.45, 2.75) is 13.8 Å². The monoisotopic (exact) mass is 262 g/mol. The molecule has 0 aliphatic heterocycles. The fourth-order valence-corrected chi connectivity index (χ4v) is 2.76. The van der Waals surface area contributed by atoms with Gasteiger partial charge in [0.2, 0.25) is 0 Å². The molecule has 0 bridgehead atoms. The van der Waals surface area contributed by atoms with Crippen molar-refractivity contribution in [1.82, 2.24) is 9.38 Å². The summed E-state index contributed by atoms with van der Waals surface area (Å²) in [6, 6.07) is 14.4. The van der Waals surface area contributed by atoms with Gasteiger partial charge in [-0.05, 0) is 43.7 Å². The van der Waals surface area contributed by atoms with E-state index >= 15 is 0 Å². The van der Waals surface area contributed by atoms with Gasteiger partial charge in [0.15, 0.2) is 5.76 Å². The summed E-state index contributed by atoms with van der Waals surface area (Å²) in [5, 5.41) is 1.11. The van der Waals surface area contributed by atoms with E-state index in [0.717, 1.165) is 33.8 Å². The fourth-order valence-electron chi connectivity index (χ4n) is 2.76. The van der Waals surface area contributed by atoms with Crippen LogP contribution in [0.3, 0.4) is 0 Å². The van der Waals surface area contributed by atoms with Crippen LogP contribution < -0.4 is 0 Å². The number of aromatic nitrogens is 2. The zero-order valence-corrected chi connectivity index (χ0v) is 11.4. The number of para-hydroxylation sites is 1. The van der Waals surface area contributed by atoms with Gasteiger partial charge in [0.25, 0.3) is 0 Å². The average Bonchev–Trinajstić information content (AvgIpc) is 3.00. The predicted molar refractivity (Wildman–Crippen MR) is 79.9 cm³/mol. The van der Waals surface area contributed by atoms with Crippen molar-refractivity contribution in [2.75, 3.05) is 0 Å². The smallest absolute Gasteiger partial charge is 0.153 e. The summed E-state index contributed by atoms with van der Waals surface area (Å²) in [5.74, 6) is 0.852. The van der Waals surface area contributed by atoms with Crippen LogP contribution in [0.1, 0.15) is 11.3 Å². The number of furan rings is 1. The van der Waals surface area contributed by atoms with Crippen LogP contribution in [0.2, 0.25) is 0 Å². The van der Waals surface area contributed by atoms with Gasteiger partial charge < -0.3 is 4.42 Å². The molecule has 0 aliphatic carbocycles. The predicted octanol–water partition coefficient (Wildman–Crippen LogP) is 4.36. The van der Waals surface area contributed by atoms with Crippen LogP contribution in [0.25, 0.3) is 28.1 Å². The Kier molecular flexibility index (Phi) is 2.24. The van der Waals surface area contributed by atoms with Gasteiger partial charge >= 0.3 is 0 Å². The van der Waals surface area contributed by atoms with Crippen molar-refractivity contribution in [2.24, 2.45) is 0 Å². The number of rotatable bonds is 1. The summed E-state index contributed by atoms with van der Waals surface area (Å²) in [6.45, 7) is 4.18. The quantitative estimate of drug-likeness (QED) is 0.510. The van der Waals surface area contributed by atoms with Gasteiger partial charge in [-0.25, -0.2) is 4.98 Å². The highest BCUT2D eigenvalue weighted by Gasteiger charge is 2.12. The molecule has 0 spiro atoms. The molecule has 0 fully saturated rings. The Hall–Kier alpha value is -2.55. The zero-order chi connectivity index (χ0) is 13.7. The van der Waals surface area contributed by atoms with Gasteiger partial charge in [0.1, 0.15) is 16.9 Å². The maximum Gasteiger partial charge on any atom is 0.153 e. The molecule has 0 unspecified atom stereocenters. The molecule has 0 saturated carbocycles. The topological polar surface area (TPSA) is 30.4 Å². The van der Waals surface area contributed by atoms with E-state index in [1.807, 2.05) is 24.4 Å². The molecule has 1 aromatic carbocycles. The van der Waals surface area contributed by atoms with E-state index in [2.05, 4.69) is 47.5 Å². The number of aryl methyl sites for hydroxylation is 2. The molecular formula is C17H14N2O. The van der Waals surface area contributed by atoms with E-state index in [1.54, 1.807) is 0 Å². The van der Waals surface area contributed by atoms with Gasteiger partial charge in [0, 0.05) is 11.1 Å². The highest BCUT2D eigenvalue weighted by atomic mass is 16.3. The van der Waals surface area contributed by atoms with E-state index in [4.69, 9.17) is 4.42 Å². The minimum atomic E-state index is 0.852. The Morgan fingerprint density at radius 3 is 2.75 bits per heavy atom. The first-order valence-electron chi connectivity index (χ1n) is 6.66. The molecule has 0 N–H and O–H groups in total. The van der Waals surface area contributed by atoms with Crippen LogP contribution in [0.5, 0.6) is 0 Å². The van der Waals surface area contributed by atoms with Crippen molar-refractivity contribution in [3.63, 3.8) is 0 Å². The maximum absolute atomic E-state index is 5.94. The molecule has 3 aromatic heterocycles. The van der Waals surface area contributed by atoms with Gasteiger partial charge in [-0.1, -0.05) is 18.2 Å². The van der Waals surface area contributed by atoms with E-state index in [9.17, 15) is 0 Å². The lowest BCUT2D eigenvalue weighted by Gasteiger charge is -2.04. The highest BCUT2D eigenvalue weighted by Crippen LogP contribution is 2.29. The normalized spacial score (nSPS) is 11.5. The van der Waals surface area contributed by atoms with E-state index in [1.165, 1.54) is 5.56 Å². The number of imidazole rings is 1. The van der Waals surface area contributed by atoms with Crippen LogP contribution in [-0.2, 0) is 0 Å². The Bertz CT molecular complexity index is 898. The number of hydrogen-bond acceptors (Lipinski definition) is 2. The Balaban J connectivity index is 2.02. The third-order valence-corrected chi connectivity index (χ3v) is 3.61. The molecule has 3 nitrogen and oxygen atoms in total. The van der Waals surface area contributed by atoms with Gasteiger partial charge in [-0.3, -0.25) is 4.40 Å². The summed E-state index contributed by atoms with van der Waals surface area (Å²) < 4.78 is 8.07. The van der Waals surface area contributed by atoms with Crippen LogP contribution in [-0.4, -0.2) is 9.38 Å². The average molecular weight is 262 g/mol. The zero-order valence-electron chi connectivity index (χ0n) is 11.4. The summed E-state index contributed by atoms with van der Waals surface area (Å²) in [6.07, 6.45) is 1.87. The summed E-state index contributed by atoms with van der Waals surface area (Å²) in [5.41, 5.74) is 5.23. The number of fused-ring (bicyclic) bond motifs is 2. The third kappa shape index (κ3) is 1.56. The second-order valence-electron chi connectivity index (χ2n) is 5.16. The molecule has 4 aromatic rings. The lowest BCUT2D eigenvalue weighted by Crippen LogP contribution is -1.94. The molecule has 0 radical (unpaired) electrons. The van der Waals surface area contributed by atoms with E-state index < -0.39 is 0 Å². The lowest BCUT2D eigenvalue weighted by molar-refractivity contribution is 0.627. The largest absolute Gasteiger partial charge is 0.454 e. The number of benzene rings is 1. The summed E-state index contributed by atoms with van der Waals surface area (Å²) in [7, 11) is 0. The second kappa shape index (κ2) is 3.97. The fraction of sp³-hybridized carbons (Fsp3) is 0.118. The molecule has 3 heterocycles. The Morgan fingerprint density at radius 2 is 1.90 bits per heavy atom. The third-order valence-electron chi connectivity index (χ3n) is 3.61. The van der Waals surface area contributed by atoms with Crippen molar-refractivity contribution in [3.05, 3.63) is 59.9 Å². The minimum absolute atomic E-state index is 0.852. The summed E-state index contributed by atoms with van der Waals surface area (Å²) >= 11 is 0.